The minimum Gasteiger partial charge on any atom is -0.488 e. The van der Waals surface area contributed by atoms with Crippen molar-refractivity contribution in [2.24, 2.45) is 0 Å². The molecule has 1 unspecified atom stereocenters. The van der Waals surface area contributed by atoms with E-state index in [-0.39, 0.29) is 18.5 Å². The number of rotatable bonds is 8. The standard InChI is InChI=1S/C13H20NO3P/c1-10(9-15)17-13-6-4-3-5-11(13)12(16)7-8-14-18-2/h3-6,10,14-15,18H,7-9H2,1-2H3/t10-/m1/s1. The minimum atomic E-state index is -0.311. The van der Waals surface area contributed by atoms with Gasteiger partial charge in [-0.1, -0.05) is 20.9 Å². The first kappa shape index (κ1) is 15.1. The van der Waals surface area contributed by atoms with Crippen LogP contribution in [0.3, 0.4) is 0 Å². The Bertz CT molecular complexity index is 384. The van der Waals surface area contributed by atoms with Crippen LogP contribution < -0.4 is 9.82 Å². The van der Waals surface area contributed by atoms with Gasteiger partial charge in [-0.15, -0.1) is 0 Å². The molecule has 0 aliphatic heterocycles. The number of aliphatic hydroxyl groups is 1. The summed E-state index contributed by atoms with van der Waals surface area (Å²) in [4.78, 5) is 12.0. The average Bonchev–Trinajstić information content (AvgIpc) is 2.39. The minimum absolute atomic E-state index is 0.0569. The van der Waals surface area contributed by atoms with Gasteiger partial charge in [0.25, 0.3) is 0 Å². The summed E-state index contributed by atoms with van der Waals surface area (Å²) in [5.41, 5.74) is 0.582. The molecule has 0 aliphatic rings. The van der Waals surface area contributed by atoms with E-state index in [1.165, 1.54) is 0 Å². The predicted octanol–water partition coefficient (Wildman–Crippen LogP) is 1.83. The molecule has 0 saturated carbocycles. The van der Waals surface area contributed by atoms with Gasteiger partial charge in [0.15, 0.2) is 5.78 Å². The van der Waals surface area contributed by atoms with Crippen molar-refractivity contribution in [3.63, 3.8) is 0 Å². The van der Waals surface area contributed by atoms with Gasteiger partial charge in [0, 0.05) is 13.0 Å². The van der Waals surface area contributed by atoms with Crippen molar-refractivity contribution >= 4 is 14.5 Å². The molecule has 0 saturated heterocycles. The lowest BCUT2D eigenvalue weighted by atomic mass is 10.1. The van der Waals surface area contributed by atoms with Crippen molar-refractivity contribution in [3.8, 4) is 5.75 Å². The van der Waals surface area contributed by atoms with Gasteiger partial charge in [-0.2, -0.15) is 0 Å². The topological polar surface area (TPSA) is 58.6 Å². The maximum atomic E-state index is 12.0. The molecule has 2 N–H and O–H groups in total. The smallest absolute Gasteiger partial charge is 0.167 e. The molecule has 5 heteroatoms. The van der Waals surface area contributed by atoms with Crippen molar-refractivity contribution in [2.45, 2.75) is 19.4 Å². The Morgan fingerprint density at radius 1 is 1.50 bits per heavy atom. The molecular formula is C13H20NO3P. The summed E-state index contributed by atoms with van der Waals surface area (Å²) >= 11 is 0. The summed E-state index contributed by atoms with van der Waals surface area (Å²) in [6.45, 7) is 4.41. The number of Topliss-reactive ketones (excluding diaryl/α,β-unsaturated/α-hetero) is 1. The SMILES string of the molecule is CPNCCC(=O)c1ccccc1O[C@H](C)CO. The molecule has 0 aliphatic carbocycles. The molecule has 2 atom stereocenters. The van der Waals surface area contributed by atoms with Gasteiger partial charge in [-0.25, -0.2) is 0 Å². The van der Waals surface area contributed by atoms with Crippen molar-refractivity contribution in [3.05, 3.63) is 29.8 Å². The van der Waals surface area contributed by atoms with E-state index in [1.54, 1.807) is 19.1 Å². The van der Waals surface area contributed by atoms with E-state index in [0.717, 1.165) is 0 Å². The van der Waals surface area contributed by atoms with Crippen molar-refractivity contribution < 1.29 is 14.6 Å². The van der Waals surface area contributed by atoms with Crippen LogP contribution >= 0.6 is 8.73 Å². The van der Waals surface area contributed by atoms with Crippen LogP contribution in [0.25, 0.3) is 0 Å². The number of ether oxygens (including phenoxy) is 1. The van der Waals surface area contributed by atoms with Gasteiger partial charge >= 0.3 is 0 Å². The molecular weight excluding hydrogens is 249 g/mol. The first-order chi connectivity index (χ1) is 8.69. The van der Waals surface area contributed by atoms with Crippen LogP contribution in [0.5, 0.6) is 5.75 Å². The summed E-state index contributed by atoms with van der Waals surface area (Å²) in [6.07, 6.45) is 0.142. The van der Waals surface area contributed by atoms with E-state index < -0.39 is 0 Å². The lowest BCUT2D eigenvalue weighted by Crippen LogP contribution is -2.18. The molecule has 100 valence electrons. The fraction of sp³-hybridized carbons (Fsp3) is 0.462. The molecule has 4 nitrogen and oxygen atoms in total. The van der Waals surface area contributed by atoms with Gasteiger partial charge in [0.1, 0.15) is 11.9 Å². The van der Waals surface area contributed by atoms with E-state index in [0.29, 0.717) is 33.0 Å². The molecule has 1 aromatic carbocycles. The monoisotopic (exact) mass is 269 g/mol. The van der Waals surface area contributed by atoms with Crippen LogP contribution in [0.1, 0.15) is 23.7 Å². The second-order valence-corrected chi connectivity index (χ2v) is 4.81. The van der Waals surface area contributed by atoms with Crippen molar-refractivity contribution in [2.75, 3.05) is 19.8 Å². The molecule has 0 spiro atoms. The first-order valence-electron chi connectivity index (χ1n) is 5.98. The van der Waals surface area contributed by atoms with Gasteiger partial charge in [0.05, 0.1) is 12.2 Å². The summed E-state index contributed by atoms with van der Waals surface area (Å²) in [6, 6.07) is 7.16. The number of benzene rings is 1. The highest BCUT2D eigenvalue weighted by atomic mass is 31.1. The number of aliphatic hydroxyl groups excluding tert-OH is 1. The van der Waals surface area contributed by atoms with E-state index in [2.05, 4.69) is 5.09 Å². The highest BCUT2D eigenvalue weighted by molar-refractivity contribution is 7.34. The first-order valence-corrected chi connectivity index (χ1v) is 7.48. The molecule has 1 aromatic rings. The van der Waals surface area contributed by atoms with E-state index in [9.17, 15) is 4.79 Å². The normalized spacial score (nSPS) is 12.8. The zero-order valence-corrected chi connectivity index (χ0v) is 11.8. The molecule has 18 heavy (non-hydrogen) atoms. The molecule has 0 fully saturated rings. The number of carbonyl (C=O) groups is 1. The summed E-state index contributed by atoms with van der Waals surface area (Å²) in [7, 11) is 0.642. The van der Waals surface area contributed by atoms with Crippen LogP contribution in [0, 0.1) is 0 Å². The third-order valence-electron chi connectivity index (χ3n) is 2.43. The fourth-order valence-corrected chi connectivity index (χ4v) is 1.86. The zero-order valence-electron chi connectivity index (χ0n) is 10.8. The highest BCUT2D eigenvalue weighted by Gasteiger charge is 2.13. The molecule has 0 heterocycles. The van der Waals surface area contributed by atoms with Crippen LogP contribution in [0.2, 0.25) is 0 Å². The molecule has 0 aromatic heterocycles. The van der Waals surface area contributed by atoms with Crippen LogP contribution in [-0.2, 0) is 0 Å². The van der Waals surface area contributed by atoms with E-state index >= 15 is 0 Å². The predicted molar refractivity (Wildman–Crippen MR) is 74.8 cm³/mol. The van der Waals surface area contributed by atoms with Crippen LogP contribution in [-0.4, -0.2) is 36.8 Å². The third kappa shape index (κ3) is 4.73. The highest BCUT2D eigenvalue weighted by Crippen LogP contribution is 2.20. The van der Waals surface area contributed by atoms with Crippen LogP contribution in [0.15, 0.2) is 24.3 Å². The van der Waals surface area contributed by atoms with Gasteiger partial charge in [-0.05, 0) is 25.7 Å². The second-order valence-electron chi connectivity index (χ2n) is 3.96. The maximum absolute atomic E-state index is 12.0. The Kier molecular flexibility index (Phi) is 6.88. The van der Waals surface area contributed by atoms with Crippen molar-refractivity contribution in [1.82, 2.24) is 5.09 Å². The number of para-hydroxylation sites is 1. The van der Waals surface area contributed by atoms with Crippen molar-refractivity contribution in [1.29, 1.82) is 0 Å². The number of ketones is 1. The summed E-state index contributed by atoms with van der Waals surface area (Å²) < 4.78 is 5.53. The van der Waals surface area contributed by atoms with E-state index in [1.807, 2.05) is 18.8 Å². The maximum Gasteiger partial charge on any atom is 0.167 e. The van der Waals surface area contributed by atoms with E-state index in [4.69, 9.17) is 9.84 Å². The fourth-order valence-electron chi connectivity index (χ4n) is 1.49. The largest absolute Gasteiger partial charge is 0.488 e. The molecule has 0 bridgehead atoms. The molecule has 0 radical (unpaired) electrons. The third-order valence-corrected chi connectivity index (χ3v) is 3.03. The zero-order chi connectivity index (χ0) is 13.4. The lowest BCUT2D eigenvalue weighted by molar-refractivity contribution is 0.0967. The Morgan fingerprint density at radius 2 is 2.22 bits per heavy atom. The Hall–Kier alpha value is -0.960. The average molecular weight is 269 g/mol. The second kappa shape index (κ2) is 8.20. The number of hydrogen-bond acceptors (Lipinski definition) is 4. The molecule has 1 rings (SSSR count). The Balaban J connectivity index is 2.71. The summed E-state index contributed by atoms with van der Waals surface area (Å²) in [5.74, 6) is 0.601. The van der Waals surface area contributed by atoms with Crippen LogP contribution in [0.4, 0.5) is 0 Å². The quantitative estimate of drug-likeness (QED) is 0.429. The van der Waals surface area contributed by atoms with Gasteiger partial charge < -0.3 is 9.84 Å². The summed E-state index contributed by atoms with van der Waals surface area (Å²) in [5, 5.41) is 12.1. The Morgan fingerprint density at radius 3 is 2.89 bits per heavy atom. The lowest BCUT2D eigenvalue weighted by Gasteiger charge is -2.15. The molecule has 0 amide bonds. The van der Waals surface area contributed by atoms with Gasteiger partial charge in [0.2, 0.25) is 0 Å². The van der Waals surface area contributed by atoms with Gasteiger partial charge in [-0.3, -0.25) is 9.88 Å². The number of nitrogens with one attached hydrogen (secondary N) is 1. The number of hydrogen-bond donors (Lipinski definition) is 2. The Labute approximate surface area is 110 Å². The number of carbonyl (C=O) groups excluding carboxylic acids is 1.